The molecule has 0 saturated heterocycles. The third-order valence-corrected chi connectivity index (χ3v) is 9.01. The van der Waals surface area contributed by atoms with Crippen LogP contribution in [-0.2, 0) is 35.5 Å². The second kappa shape index (κ2) is 12.6. The quantitative estimate of drug-likeness (QED) is 0.224. The Morgan fingerprint density at radius 2 is 1.72 bits per heavy atom. The van der Waals surface area contributed by atoms with Gasteiger partial charge in [0.25, 0.3) is 0 Å². The van der Waals surface area contributed by atoms with E-state index < -0.39 is 17.7 Å². The molecule has 3 heterocycles. The zero-order chi connectivity index (χ0) is 32.7. The summed E-state index contributed by atoms with van der Waals surface area (Å²) in [4.78, 5) is 20.1. The Hall–Kier alpha value is -4.07. The van der Waals surface area contributed by atoms with E-state index in [1.54, 1.807) is 13.0 Å². The molecule has 7 heteroatoms. The van der Waals surface area contributed by atoms with Crippen molar-refractivity contribution in [2.24, 2.45) is 0 Å². The highest BCUT2D eigenvalue weighted by Gasteiger charge is 2.34. The minimum absolute atomic E-state index is 0.127. The Morgan fingerprint density at radius 1 is 0.978 bits per heavy atom. The lowest BCUT2D eigenvalue weighted by Crippen LogP contribution is -2.30. The molecule has 6 rings (SSSR count). The van der Waals surface area contributed by atoms with Crippen LogP contribution in [0.25, 0.3) is 22.3 Å². The summed E-state index contributed by atoms with van der Waals surface area (Å²) in [5, 5.41) is 10.5. The second-order valence-electron chi connectivity index (χ2n) is 13.7. The summed E-state index contributed by atoms with van der Waals surface area (Å²) < 4.78 is 26.9. The molecule has 0 radical (unpaired) electrons. The number of ether oxygens (including phenoxy) is 2. The fourth-order valence-corrected chi connectivity index (χ4v) is 6.91. The lowest BCUT2D eigenvalue weighted by atomic mass is 9.84. The molecule has 1 aromatic heterocycles. The number of hydrogen-bond acceptors (Lipinski definition) is 5. The number of benzene rings is 3. The van der Waals surface area contributed by atoms with Crippen LogP contribution in [0.15, 0.2) is 54.6 Å². The molecule has 0 amide bonds. The summed E-state index contributed by atoms with van der Waals surface area (Å²) in [7, 11) is 0. The number of fused-ring (bicyclic) bond motifs is 2. The summed E-state index contributed by atoms with van der Waals surface area (Å²) in [6.45, 7) is 14.1. The Balaban J connectivity index is 1.46. The molecule has 0 saturated carbocycles. The van der Waals surface area contributed by atoms with Crippen LogP contribution in [0.4, 0.5) is 4.39 Å². The van der Waals surface area contributed by atoms with E-state index in [-0.39, 0.29) is 5.82 Å². The summed E-state index contributed by atoms with van der Waals surface area (Å²) in [5.41, 5.74) is 9.98. The molecule has 0 aliphatic carbocycles. The van der Waals surface area contributed by atoms with Crippen molar-refractivity contribution < 1.29 is 23.8 Å². The van der Waals surface area contributed by atoms with E-state index in [2.05, 4.69) is 29.2 Å². The Kier molecular flexibility index (Phi) is 8.75. The van der Waals surface area contributed by atoms with Crippen LogP contribution < -0.4 is 4.74 Å². The van der Waals surface area contributed by atoms with E-state index in [1.165, 1.54) is 11.1 Å². The molecule has 1 atom stereocenters. The number of hydrogen-bond donors (Lipinski definition) is 1. The van der Waals surface area contributed by atoms with Gasteiger partial charge < -0.3 is 14.6 Å². The van der Waals surface area contributed by atoms with E-state index in [1.807, 2.05) is 58.9 Å². The summed E-state index contributed by atoms with van der Waals surface area (Å²) in [6.07, 6.45) is 1.47. The Labute approximate surface area is 271 Å². The van der Waals surface area contributed by atoms with Crippen molar-refractivity contribution in [2.45, 2.75) is 85.6 Å². The van der Waals surface area contributed by atoms with Crippen molar-refractivity contribution in [2.75, 3.05) is 13.2 Å². The normalized spacial score (nSPS) is 15.5. The number of aliphatic carboxylic acids is 1. The number of halogens is 1. The van der Waals surface area contributed by atoms with Gasteiger partial charge in [0, 0.05) is 47.7 Å². The van der Waals surface area contributed by atoms with E-state index in [9.17, 15) is 14.3 Å². The Bertz CT molecular complexity index is 1810. The van der Waals surface area contributed by atoms with E-state index >= 15 is 0 Å². The molecule has 3 aromatic carbocycles. The molecule has 2 aliphatic rings. The molecule has 0 fully saturated rings. The SMILES string of the molecule is Cc1cccc(CN2CCc3cc(-c4c(C)nc(C)c([C@H](OC(C)(C)C)C(=O)O)c4-c4ccc5c(c4)CCCO5)ccc3C2)c1F. The maximum atomic E-state index is 14.8. The van der Waals surface area contributed by atoms with Crippen LogP contribution >= 0.6 is 0 Å². The van der Waals surface area contributed by atoms with Gasteiger partial charge in [0.2, 0.25) is 0 Å². The molecule has 0 bridgehead atoms. The predicted molar refractivity (Wildman–Crippen MR) is 179 cm³/mol. The van der Waals surface area contributed by atoms with Crippen molar-refractivity contribution in [3.05, 3.63) is 105 Å². The zero-order valence-corrected chi connectivity index (χ0v) is 27.7. The minimum Gasteiger partial charge on any atom is -0.493 e. The average Bonchev–Trinajstić information content (AvgIpc) is 3.01. The highest BCUT2D eigenvalue weighted by atomic mass is 19.1. The van der Waals surface area contributed by atoms with Crippen molar-refractivity contribution in [3.8, 4) is 28.0 Å². The van der Waals surface area contributed by atoms with Crippen molar-refractivity contribution in [1.29, 1.82) is 0 Å². The summed E-state index contributed by atoms with van der Waals surface area (Å²) >= 11 is 0. The molecular weight excluding hydrogens is 579 g/mol. The van der Waals surface area contributed by atoms with Crippen LogP contribution in [0.2, 0.25) is 0 Å². The molecule has 0 spiro atoms. The number of aromatic nitrogens is 1. The fourth-order valence-electron chi connectivity index (χ4n) is 6.91. The number of carbonyl (C=O) groups is 1. The van der Waals surface area contributed by atoms with E-state index in [0.717, 1.165) is 77.2 Å². The molecular formula is C39H43FN2O4. The van der Waals surface area contributed by atoms with Crippen molar-refractivity contribution >= 4 is 5.97 Å². The number of pyridine rings is 1. The summed E-state index contributed by atoms with van der Waals surface area (Å²) in [5.74, 6) is -0.295. The van der Waals surface area contributed by atoms with Gasteiger partial charge in [-0.05, 0) is 112 Å². The molecule has 1 N–H and O–H groups in total. The minimum atomic E-state index is -1.21. The van der Waals surface area contributed by atoms with Gasteiger partial charge in [-0.15, -0.1) is 0 Å². The first-order valence-electron chi connectivity index (χ1n) is 16.2. The van der Waals surface area contributed by atoms with Gasteiger partial charge in [0.1, 0.15) is 11.6 Å². The van der Waals surface area contributed by atoms with Gasteiger partial charge in [-0.3, -0.25) is 9.88 Å². The number of rotatable bonds is 7. The fraction of sp³-hybridized carbons (Fsp3) is 0.385. The number of aryl methyl sites for hydroxylation is 4. The van der Waals surface area contributed by atoms with Crippen molar-refractivity contribution in [3.63, 3.8) is 0 Å². The van der Waals surface area contributed by atoms with Crippen LogP contribution in [0.1, 0.15) is 78.1 Å². The zero-order valence-electron chi connectivity index (χ0n) is 27.7. The maximum Gasteiger partial charge on any atom is 0.337 e. The summed E-state index contributed by atoms with van der Waals surface area (Å²) in [6, 6.07) is 18.3. The Morgan fingerprint density at radius 3 is 2.48 bits per heavy atom. The van der Waals surface area contributed by atoms with Gasteiger partial charge in [-0.2, -0.15) is 0 Å². The first kappa shape index (κ1) is 31.9. The number of nitrogens with zero attached hydrogens (tertiary/aromatic N) is 2. The van der Waals surface area contributed by atoms with Crippen molar-refractivity contribution in [1.82, 2.24) is 9.88 Å². The molecule has 46 heavy (non-hydrogen) atoms. The first-order chi connectivity index (χ1) is 21.9. The molecule has 4 aromatic rings. The third kappa shape index (κ3) is 6.44. The van der Waals surface area contributed by atoms with Crippen LogP contribution in [-0.4, -0.2) is 39.7 Å². The maximum absolute atomic E-state index is 14.8. The van der Waals surface area contributed by atoms with Gasteiger partial charge in [-0.1, -0.05) is 42.5 Å². The monoisotopic (exact) mass is 622 g/mol. The average molecular weight is 623 g/mol. The van der Waals surface area contributed by atoms with Crippen LogP contribution in [0, 0.1) is 26.6 Å². The lowest BCUT2D eigenvalue weighted by Gasteiger charge is -2.31. The highest BCUT2D eigenvalue weighted by molar-refractivity contribution is 5.91. The van der Waals surface area contributed by atoms with Crippen LogP contribution in [0.3, 0.4) is 0 Å². The van der Waals surface area contributed by atoms with Gasteiger partial charge >= 0.3 is 5.97 Å². The van der Waals surface area contributed by atoms with Gasteiger partial charge in [-0.25, -0.2) is 9.18 Å². The molecule has 240 valence electrons. The number of carboxylic acid groups (broad SMARTS) is 1. The first-order valence-corrected chi connectivity index (χ1v) is 16.2. The standard InChI is InChI=1S/C39H43FN2O4/c1-23-9-7-10-31(36(23)40)22-42-17-16-26-19-28(12-13-30(26)21-42)33-24(2)41-25(3)34(37(38(43)44)46-39(4,5)6)35(33)29-14-15-32-27(20-29)11-8-18-45-32/h7,9-10,12-15,19-20,37H,8,11,16-18,21-22H2,1-6H3,(H,43,44)/t37-/m0/s1. The molecule has 2 aliphatic heterocycles. The van der Waals surface area contributed by atoms with Crippen LogP contribution in [0.5, 0.6) is 5.75 Å². The van der Waals surface area contributed by atoms with E-state index in [0.29, 0.717) is 30.0 Å². The second-order valence-corrected chi connectivity index (χ2v) is 13.7. The number of carboxylic acids is 1. The lowest BCUT2D eigenvalue weighted by molar-refractivity contribution is -0.160. The van der Waals surface area contributed by atoms with E-state index in [4.69, 9.17) is 14.5 Å². The van der Waals surface area contributed by atoms with Gasteiger partial charge in [0.15, 0.2) is 6.10 Å². The molecule has 6 nitrogen and oxygen atoms in total. The smallest absolute Gasteiger partial charge is 0.337 e. The topological polar surface area (TPSA) is 71.9 Å². The van der Waals surface area contributed by atoms with Gasteiger partial charge in [0.05, 0.1) is 12.2 Å². The highest BCUT2D eigenvalue weighted by Crippen LogP contribution is 2.44. The third-order valence-electron chi connectivity index (χ3n) is 9.01. The molecule has 0 unspecified atom stereocenters. The largest absolute Gasteiger partial charge is 0.493 e. The predicted octanol–water partition coefficient (Wildman–Crippen LogP) is 8.30.